The molecule has 0 amide bonds. The number of piperidine rings is 1. The van der Waals surface area contributed by atoms with Crippen molar-refractivity contribution in [3.63, 3.8) is 0 Å². The smallest absolute Gasteiger partial charge is 0.394 e. The van der Waals surface area contributed by atoms with Gasteiger partial charge < -0.3 is 5.11 Å². The van der Waals surface area contributed by atoms with Crippen molar-refractivity contribution in [1.82, 2.24) is 14.1 Å². The van der Waals surface area contributed by atoms with Gasteiger partial charge in [0.25, 0.3) is 0 Å². The van der Waals surface area contributed by atoms with Crippen LogP contribution in [0.4, 0.5) is 13.2 Å². The highest BCUT2D eigenvalue weighted by Crippen LogP contribution is 2.39. The van der Waals surface area contributed by atoms with E-state index in [4.69, 9.17) is 28.3 Å². The first-order chi connectivity index (χ1) is 18.7. The third-order valence-corrected chi connectivity index (χ3v) is 8.86. The van der Waals surface area contributed by atoms with Crippen molar-refractivity contribution in [2.75, 3.05) is 19.7 Å². The van der Waals surface area contributed by atoms with E-state index < -0.39 is 16.5 Å². The van der Waals surface area contributed by atoms with Gasteiger partial charge in [-0.15, -0.1) is 0 Å². The van der Waals surface area contributed by atoms with E-state index in [1.807, 2.05) is 60.7 Å². The van der Waals surface area contributed by atoms with E-state index in [0.29, 0.717) is 29.4 Å². The second kappa shape index (κ2) is 11.6. The Balaban J connectivity index is 1.55. The maximum absolute atomic E-state index is 13.0. The Morgan fingerprint density at radius 3 is 1.97 bits per heavy atom. The molecule has 1 unspecified atom stereocenters. The van der Waals surface area contributed by atoms with Crippen LogP contribution in [0.5, 0.6) is 0 Å². The summed E-state index contributed by atoms with van der Waals surface area (Å²) in [7, 11) is -3.02. The standard InChI is InChI=1S/C28H26Cl2F3N3O2S/c29-22-6-1-18(2-7-22)26(19-3-8-23(30)9-4-19)21-5-10-25-24(17-21)27(34-36(25)15-16-37)20-11-13-35(14-12-20)39(38)28(31,32)33/h1-10,17,20,26,37H,11-16H2. The van der Waals surface area contributed by atoms with Crippen LogP contribution in [0.1, 0.15) is 47.1 Å². The number of aromatic nitrogens is 2. The predicted octanol–water partition coefficient (Wildman–Crippen LogP) is 6.88. The number of hydrogen-bond acceptors (Lipinski definition) is 3. The lowest BCUT2D eigenvalue weighted by atomic mass is 9.84. The molecule has 0 aliphatic carbocycles. The number of hydrogen-bond donors (Lipinski definition) is 1. The zero-order chi connectivity index (χ0) is 27.7. The molecule has 3 aromatic carbocycles. The predicted molar refractivity (Wildman–Crippen MR) is 148 cm³/mol. The van der Waals surface area contributed by atoms with Gasteiger partial charge in [0.1, 0.15) is 0 Å². The third-order valence-electron chi connectivity index (χ3n) is 7.13. The first-order valence-electron chi connectivity index (χ1n) is 12.5. The maximum atomic E-state index is 13.0. The highest BCUT2D eigenvalue weighted by molar-refractivity contribution is 7.83. The Kier molecular flexibility index (Phi) is 8.35. The summed E-state index contributed by atoms with van der Waals surface area (Å²) in [5.41, 5.74) is -0.0666. The molecule has 0 bridgehead atoms. The molecule has 1 saturated heterocycles. The van der Waals surface area contributed by atoms with Crippen LogP contribution in [0.2, 0.25) is 10.0 Å². The van der Waals surface area contributed by atoms with Crippen molar-refractivity contribution in [3.05, 3.63) is 99.2 Å². The van der Waals surface area contributed by atoms with Gasteiger partial charge in [-0.2, -0.15) is 18.3 Å². The number of aliphatic hydroxyl groups is 1. The van der Waals surface area contributed by atoms with Crippen LogP contribution in [0, 0.1) is 0 Å². The summed E-state index contributed by atoms with van der Waals surface area (Å²) in [5.74, 6) is -0.234. The molecule has 5 rings (SSSR count). The van der Waals surface area contributed by atoms with Gasteiger partial charge in [0.15, 0.2) is 0 Å². The lowest BCUT2D eigenvalue weighted by Crippen LogP contribution is -2.40. The van der Waals surface area contributed by atoms with Crippen LogP contribution in [0.15, 0.2) is 66.7 Å². The Hall–Kier alpha value is -2.43. The number of alkyl halides is 3. The molecule has 1 aliphatic rings. The number of nitrogens with zero attached hydrogens (tertiary/aromatic N) is 3. The number of benzene rings is 3. The van der Waals surface area contributed by atoms with E-state index in [2.05, 4.69) is 6.07 Å². The van der Waals surface area contributed by atoms with Gasteiger partial charge >= 0.3 is 5.51 Å². The van der Waals surface area contributed by atoms with Crippen LogP contribution in [0.25, 0.3) is 10.9 Å². The third kappa shape index (κ3) is 6.02. The Morgan fingerprint density at radius 1 is 0.923 bits per heavy atom. The molecule has 5 nitrogen and oxygen atoms in total. The average molecular weight is 597 g/mol. The minimum atomic E-state index is -4.77. The van der Waals surface area contributed by atoms with Gasteiger partial charge in [-0.3, -0.25) is 4.68 Å². The molecule has 1 aromatic heterocycles. The average Bonchev–Trinajstić information content (AvgIpc) is 3.28. The highest BCUT2D eigenvalue weighted by Gasteiger charge is 2.42. The summed E-state index contributed by atoms with van der Waals surface area (Å²) in [5, 5.41) is 16.6. The van der Waals surface area contributed by atoms with E-state index in [1.165, 1.54) is 0 Å². The Labute approximate surface area is 236 Å². The second-order valence-corrected chi connectivity index (χ2v) is 11.9. The Bertz CT molecular complexity index is 1420. The summed E-state index contributed by atoms with van der Waals surface area (Å²) in [6.45, 7) is 0.315. The van der Waals surface area contributed by atoms with Crippen LogP contribution in [-0.4, -0.2) is 48.6 Å². The number of aliphatic hydroxyl groups excluding tert-OH is 1. The molecule has 4 aromatic rings. The van der Waals surface area contributed by atoms with Crippen LogP contribution in [-0.2, 0) is 17.5 Å². The molecule has 1 fully saturated rings. The lowest BCUT2D eigenvalue weighted by Gasteiger charge is -2.30. The summed E-state index contributed by atoms with van der Waals surface area (Å²) in [6, 6.07) is 21.4. The highest BCUT2D eigenvalue weighted by atomic mass is 35.5. The zero-order valence-corrected chi connectivity index (χ0v) is 23.1. The first kappa shape index (κ1) is 28.1. The van der Waals surface area contributed by atoms with Gasteiger partial charge in [-0.05, 0) is 65.9 Å². The largest absolute Gasteiger partial charge is 0.485 e. The van der Waals surface area contributed by atoms with Crippen molar-refractivity contribution < 1.29 is 22.5 Å². The van der Waals surface area contributed by atoms with Crippen molar-refractivity contribution in [3.8, 4) is 0 Å². The van der Waals surface area contributed by atoms with E-state index >= 15 is 0 Å². The summed E-state index contributed by atoms with van der Waals surface area (Å²) >= 11 is 12.3. The van der Waals surface area contributed by atoms with Gasteiger partial charge in [-0.25, -0.2) is 8.51 Å². The zero-order valence-electron chi connectivity index (χ0n) is 20.7. The monoisotopic (exact) mass is 595 g/mol. The summed E-state index contributed by atoms with van der Waals surface area (Å²) < 4.78 is 53.6. The van der Waals surface area contributed by atoms with Gasteiger partial charge in [-0.1, -0.05) is 53.5 Å². The second-order valence-electron chi connectivity index (χ2n) is 9.54. The molecule has 0 saturated carbocycles. The van der Waals surface area contributed by atoms with E-state index in [9.17, 15) is 22.5 Å². The quantitative estimate of drug-likeness (QED) is 0.237. The van der Waals surface area contributed by atoms with Crippen molar-refractivity contribution in [1.29, 1.82) is 0 Å². The van der Waals surface area contributed by atoms with Crippen LogP contribution < -0.4 is 0 Å². The molecular weight excluding hydrogens is 570 g/mol. The Morgan fingerprint density at radius 2 is 1.46 bits per heavy atom. The SMILES string of the molecule is O=S(N1CCC(c2nn(CCO)c3ccc(C(c4ccc(Cl)cc4)c4ccc(Cl)cc4)cc23)CC1)C(F)(F)F. The molecule has 1 N–H and O–H groups in total. The fraction of sp³-hybridized carbons (Fsp3) is 0.321. The fourth-order valence-corrected chi connectivity index (χ4v) is 6.38. The number of fused-ring (bicyclic) bond motifs is 1. The van der Waals surface area contributed by atoms with Crippen molar-refractivity contribution >= 4 is 45.1 Å². The lowest BCUT2D eigenvalue weighted by molar-refractivity contribution is -0.0433. The minimum absolute atomic E-state index is 0.0585. The van der Waals surface area contributed by atoms with Gasteiger partial charge in [0.2, 0.25) is 11.0 Å². The van der Waals surface area contributed by atoms with Crippen LogP contribution in [0.3, 0.4) is 0 Å². The number of halogens is 5. The molecule has 1 aliphatic heterocycles. The van der Waals surface area contributed by atoms with Crippen molar-refractivity contribution in [2.45, 2.75) is 36.7 Å². The van der Waals surface area contributed by atoms with E-state index in [0.717, 1.165) is 37.6 Å². The molecule has 2 heterocycles. The van der Waals surface area contributed by atoms with Gasteiger partial charge in [0, 0.05) is 40.4 Å². The molecule has 11 heteroatoms. The molecule has 0 radical (unpaired) electrons. The maximum Gasteiger partial charge on any atom is 0.485 e. The summed E-state index contributed by atoms with van der Waals surface area (Å²) in [4.78, 5) is 0. The first-order valence-corrected chi connectivity index (χ1v) is 14.4. The number of rotatable bonds is 7. The normalized spacial score (nSPS) is 16.3. The molecule has 1 atom stereocenters. The molecule has 206 valence electrons. The van der Waals surface area contributed by atoms with Crippen molar-refractivity contribution in [2.24, 2.45) is 0 Å². The van der Waals surface area contributed by atoms with E-state index in [-0.39, 0.29) is 31.5 Å². The molecule has 39 heavy (non-hydrogen) atoms. The topological polar surface area (TPSA) is 58.4 Å². The minimum Gasteiger partial charge on any atom is -0.394 e. The molecule has 0 spiro atoms. The fourth-order valence-electron chi connectivity index (χ4n) is 5.30. The van der Waals surface area contributed by atoms with Crippen LogP contribution >= 0.6 is 23.2 Å². The van der Waals surface area contributed by atoms with E-state index in [1.54, 1.807) is 4.68 Å². The molecular formula is C28H26Cl2F3N3O2S. The summed E-state index contributed by atoms with van der Waals surface area (Å²) in [6.07, 6.45) is 0.796. The van der Waals surface area contributed by atoms with Gasteiger partial charge in [0.05, 0.1) is 24.4 Å².